The minimum Gasteiger partial charge on any atom is -0.308 e. The maximum absolute atomic E-state index is 12.6. The molecule has 0 bridgehead atoms. The number of nitrogens with zero attached hydrogens (tertiary/aromatic N) is 3. The van der Waals surface area contributed by atoms with Crippen molar-refractivity contribution in [3.63, 3.8) is 0 Å². The van der Waals surface area contributed by atoms with Crippen LogP contribution in [0.2, 0.25) is 0 Å². The fourth-order valence-corrected chi connectivity index (χ4v) is 4.37. The van der Waals surface area contributed by atoms with Crippen LogP contribution in [-0.2, 0) is 20.0 Å². The molecule has 23 heavy (non-hydrogen) atoms. The van der Waals surface area contributed by atoms with Crippen molar-refractivity contribution >= 4 is 22.4 Å². The molecule has 0 aliphatic carbocycles. The summed E-state index contributed by atoms with van der Waals surface area (Å²) in [6.07, 6.45) is 1.06. The summed E-state index contributed by atoms with van der Waals surface area (Å²) in [5.41, 5.74) is 3.81. The number of para-hydroxylation sites is 2. The van der Waals surface area contributed by atoms with Gasteiger partial charge in [-0.3, -0.25) is 9.69 Å². The molecular weight excluding hydrogens is 306 g/mol. The minimum absolute atomic E-state index is 0.00650. The van der Waals surface area contributed by atoms with Crippen LogP contribution in [0, 0.1) is 0 Å². The van der Waals surface area contributed by atoms with Crippen molar-refractivity contribution < 1.29 is 0 Å². The zero-order chi connectivity index (χ0) is 16.0. The van der Waals surface area contributed by atoms with Crippen molar-refractivity contribution in [3.05, 3.63) is 62.2 Å². The summed E-state index contributed by atoms with van der Waals surface area (Å²) in [6, 6.07) is 10.4. The van der Waals surface area contributed by atoms with Gasteiger partial charge < -0.3 is 4.57 Å². The van der Waals surface area contributed by atoms with E-state index in [0.717, 1.165) is 24.0 Å². The summed E-state index contributed by atoms with van der Waals surface area (Å²) in [4.78, 5) is 21.1. The fraction of sp³-hybridized carbons (Fsp3) is 0.333. The Balaban J connectivity index is 1.71. The lowest BCUT2D eigenvalue weighted by molar-refractivity contribution is 0.188. The van der Waals surface area contributed by atoms with Crippen LogP contribution < -0.4 is 5.56 Å². The van der Waals surface area contributed by atoms with Crippen LogP contribution in [0.25, 0.3) is 11.0 Å². The molecule has 118 valence electrons. The van der Waals surface area contributed by atoms with Crippen LogP contribution in [0.15, 0.2) is 40.5 Å². The highest BCUT2D eigenvalue weighted by Crippen LogP contribution is 2.33. The second kappa shape index (κ2) is 5.58. The molecule has 0 N–H and O–H groups in total. The molecule has 0 radical (unpaired) electrons. The van der Waals surface area contributed by atoms with E-state index in [4.69, 9.17) is 0 Å². The lowest BCUT2D eigenvalue weighted by atomic mass is 10.0. The molecule has 0 spiro atoms. The summed E-state index contributed by atoms with van der Waals surface area (Å²) in [6.45, 7) is 3.80. The van der Waals surface area contributed by atoms with Gasteiger partial charge in [0.25, 0.3) is 5.56 Å². The van der Waals surface area contributed by atoms with Crippen LogP contribution in [0.3, 0.4) is 0 Å². The van der Waals surface area contributed by atoms with E-state index in [-0.39, 0.29) is 5.56 Å². The van der Waals surface area contributed by atoms with E-state index >= 15 is 0 Å². The first-order valence-corrected chi connectivity index (χ1v) is 8.78. The topological polar surface area (TPSA) is 38.1 Å². The first kappa shape index (κ1) is 14.6. The molecule has 1 aliphatic heterocycles. The van der Waals surface area contributed by atoms with E-state index in [9.17, 15) is 4.79 Å². The number of rotatable bonds is 2. The molecule has 0 saturated carbocycles. The Morgan fingerprint density at radius 2 is 2.13 bits per heavy atom. The van der Waals surface area contributed by atoms with Crippen LogP contribution in [0.1, 0.15) is 29.1 Å². The summed E-state index contributed by atoms with van der Waals surface area (Å²) in [7, 11) is 1.83. The zero-order valence-electron chi connectivity index (χ0n) is 13.3. The van der Waals surface area contributed by atoms with Crippen LogP contribution in [-0.4, -0.2) is 21.0 Å². The van der Waals surface area contributed by atoms with Gasteiger partial charge in [0, 0.05) is 31.1 Å². The Labute approximate surface area is 139 Å². The normalized spacial score (nSPS) is 18.3. The molecule has 1 aromatic carbocycles. The standard InChI is InChI=1S/C18H19N3OS/c1-12-13-8-10-23-17(13)7-9-21(12)11-15-18(22)20(2)16-6-4-3-5-14(16)19-15/h3-6,8,10,12H,7,9,11H2,1-2H3. The number of hydrogen-bond donors (Lipinski definition) is 0. The maximum atomic E-state index is 12.6. The molecule has 3 aromatic rings. The molecule has 0 amide bonds. The van der Waals surface area contributed by atoms with Gasteiger partial charge in [0.05, 0.1) is 11.0 Å². The van der Waals surface area contributed by atoms with Crippen molar-refractivity contribution in [1.29, 1.82) is 0 Å². The third kappa shape index (κ3) is 2.40. The average Bonchev–Trinajstić information content (AvgIpc) is 3.04. The number of aryl methyl sites for hydroxylation is 1. The van der Waals surface area contributed by atoms with Crippen molar-refractivity contribution in [2.75, 3.05) is 6.54 Å². The highest BCUT2D eigenvalue weighted by molar-refractivity contribution is 7.10. The molecule has 0 saturated heterocycles. The Kier molecular flexibility index (Phi) is 3.54. The monoisotopic (exact) mass is 325 g/mol. The van der Waals surface area contributed by atoms with Gasteiger partial charge in [-0.15, -0.1) is 11.3 Å². The quantitative estimate of drug-likeness (QED) is 0.726. The molecule has 1 atom stereocenters. The lowest BCUT2D eigenvalue weighted by Gasteiger charge is -2.33. The molecule has 2 aromatic heterocycles. The summed E-state index contributed by atoms with van der Waals surface area (Å²) >= 11 is 1.84. The number of thiophene rings is 1. The van der Waals surface area contributed by atoms with Gasteiger partial charge in [0.15, 0.2) is 0 Å². The lowest BCUT2D eigenvalue weighted by Crippen LogP contribution is -2.36. The van der Waals surface area contributed by atoms with Gasteiger partial charge in [0.2, 0.25) is 0 Å². The van der Waals surface area contributed by atoms with Crippen molar-refractivity contribution in [2.45, 2.75) is 25.9 Å². The van der Waals surface area contributed by atoms with E-state index in [2.05, 4.69) is 28.3 Å². The van der Waals surface area contributed by atoms with E-state index in [1.165, 1.54) is 10.4 Å². The van der Waals surface area contributed by atoms with Crippen LogP contribution in [0.5, 0.6) is 0 Å². The highest BCUT2D eigenvalue weighted by Gasteiger charge is 2.26. The molecule has 4 rings (SSSR count). The van der Waals surface area contributed by atoms with Crippen molar-refractivity contribution in [2.24, 2.45) is 7.05 Å². The second-order valence-electron chi connectivity index (χ2n) is 6.11. The summed E-state index contributed by atoms with van der Waals surface area (Å²) < 4.78 is 1.71. The average molecular weight is 325 g/mol. The molecule has 1 unspecified atom stereocenters. The van der Waals surface area contributed by atoms with Gasteiger partial charge in [-0.2, -0.15) is 0 Å². The number of aromatic nitrogens is 2. The Morgan fingerprint density at radius 1 is 1.30 bits per heavy atom. The van der Waals surface area contributed by atoms with Crippen molar-refractivity contribution in [1.82, 2.24) is 14.5 Å². The Bertz CT molecular complexity index is 927. The van der Waals surface area contributed by atoms with E-state index in [1.54, 1.807) is 4.57 Å². The van der Waals surface area contributed by atoms with Crippen LogP contribution in [0.4, 0.5) is 0 Å². The molecule has 1 aliphatic rings. The predicted octanol–water partition coefficient (Wildman–Crippen LogP) is 3.11. The van der Waals surface area contributed by atoms with Crippen molar-refractivity contribution in [3.8, 4) is 0 Å². The van der Waals surface area contributed by atoms with Crippen LogP contribution >= 0.6 is 11.3 Å². The zero-order valence-corrected chi connectivity index (χ0v) is 14.1. The van der Waals surface area contributed by atoms with E-state index in [1.807, 2.05) is 42.6 Å². The highest BCUT2D eigenvalue weighted by atomic mass is 32.1. The van der Waals surface area contributed by atoms with Gasteiger partial charge in [-0.05, 0) is 42.5 Å². The first-order chi connectivity index (χ1) is 11.1. The third-order valence-corrected chi connectivity index (χ3v) is 5.80. The molecule has 4 nitrogen and oxygen atoms in total. The Hall–Kier alpha value is -1.98. The fourth-order valence-electron chi connectivity index (χ4n) is 3.41. The minimum atomic E-state index is 0.00650. The molecule has 0 fully saturated rings. The van der Waals surface area contributed by atoms with Gasteiger partial charge in [-0.1, -0.05) is 12.1 Å². The van der Waals surface area contributed by atoms with Gasteiger partial charge in [0.1, 0.15) is 5.69 Å². The summed E-state index contributed by atoms with van der Waals surface area (Å²) in [5, 5.41) is 2.16. The molecule has 5 heteroatoms. The van der Waals surface area contributed by atoms with E-state index < -0.39 is 0 Å². The third-order valence-electron chi connectivity index (χ3n) is 4.81. The van der Waals surface area contributed by atoms with Gasteiger partial charge >= 0.3 is 0 Å². The predicted molar refractivity (Wildman–Crippen MR) is 93.8 cm³/mol. The number of fused-ring (bicyclic) bond motifs is 2. The first-order valence-electron chi connectivity index (χ1n) is 7.90. The molecule has 3 heterocycles. The largest absolute Gasteiger partial charge is 0.308 e. The maximum Gasteiger partial charge on any atom is 0.273 e. The number of hydrogen-bond acceptors (Lipinski definition) is 4. The second-order valence-corrected chi connectivity index (χ2v) is 7.11. The summed E-state index contributed by atoms with van der Waals surface area (Å²) in [5.74, 6) is 0. The smallest absolute Gasteiger partial charge is 0.273 e. The van der Waals surface area contributed by atoms with E-state index in [0.29, 0.717) is 18.3 Å². The molecular formula is C18H19N3OS. The Morgan fingerprint density at radius 3 is 3.00 bits per heavy atom. The SMILES string of the molecule is CC1c2ccsc2CCN1Cc1nc2ccccc2n(C)c1=O. The number of benzene rings is 1. The van der Waals surface area contributed by atoms with Gasteiger partial charge in [-0.25, -0.2) is 4.98 Å².